The van der Waals surface area contributed by atoms with E-state index in [2.05, 4.69) is 18.8 Å². The Hall–Kier alpha value is -2.28. The second kappa shape index (κ2) is 9.68. The van der Waals surface area contributed by atoms with Gasteiger partial charge in [0.25, 0.3) is 0 Å². The molecule has 1 aromatic carbocycles. The van der Waals surface area contributed by atoms with E-state index in [1.165, 1.54) is 31.4 Å². The fraction of sp³-hybridized carbons (Fsp3) is 0.474. The van der Waals surface area contributed by atoms with E-state index in [1.807, 2.05) is 0 Å². The molecule has 0 aliphatic rings. The molecule has 0 bridgehead atoms. The molecule has 1 rings (SSSR count). The predicted molar refractivity (Wildman–Crippen MR) is 89.2 cm³/mol. The van der Waals surface area contributed by atoms with Crippen LogP contribution in [-0.4, -0.2) is 22.2 Å². The Kier molecular flexibility index (Phi) is 7.90. The maximum atomic E-state index is 11.6. The Morgan fingerprint density at radius 3 is 2.09 bits per heavy atom. The minimum atomic E-state index is -2.19. The molecule has 4 nitrogen and oxygen atoms in total. The van der Waals surface area contributed by atoms with Gasteiger partial charge >= 0.3 is 11.9 Å². The zero-order valence-electron chi connectivity index (χ0n) is 13.5. The molecule has 4 heteroatoms. The third-order valence-electron chi connectivity index (χ3n) is 3.78. The summed E-state index contributed by atoms with van der Waals surface area (Å²) in [6.07, 6.45) is 7.16. The zero-order valence-corrected chi connectivity index (χ0v) is 13.5. The van der Waals surface area contributed by atoms with Crippen molar-refractivity contribution in [2.75, 3.05) is 0 Å². The summed E-state index contributed by atoms with van der Waals surface area (Å²) >= 11 is 0. The van der Waals surface area contributed by atoms with E-state index in [1.54, 1.807) is 18.2 Å². The lowest BCUT2D eigenvalue weighted by Crippen LogP contribution is -2.42. The normalized spacial score (nSPS) is 10.7. The number of rotatable bonds is 9. The fourth-order valence-corrected chi connectivity index (χ4v) is 2.39. The molecule has 23 heavy (non-hydrogen) atoms. The predicted octanol–water partition coefficient (Wildman–Crippen LogP) is 3.85. The lowest BCUT2D eigenvalue weighted by atomic mass is 9.81. The van der Waals surface area contributed by atoms with E-state index in [9.17, 15) is 19.8 Å². The van der Waals surface area contributed by atoms with Crippen LogP contribution in [0.1, 0.15) is 57.4 Å². The molecule has 0 unspecified atom stereocenters. The van der Waals surface area contributed by atoms with Gasteiger partial charge in [0.05, 0.1) is 0 Å². The van der Waals surface area contributed by atoms with E-state index in [4.69, 9.17) is 0 Å². The van der Waals surface area contributed by atoms with Crippen LogP contribution in [-0.2, 0) is 15.0 Å². The maximum absolute atomic E-state index is 11.6. The molecule has 0 radical (unpaired) electrons. The molecule has 0 saturated carbocycles. The van der Waals surface area contributed by atoms with Crippen LogP contribution in [0.25, 0.3) is 0 Å². The number of carbonyl (C=O) groups is 2. The van der Waals surface area contributed by atoms with E-state index in [-0.39, 0.29) is 5.56 Å². The number of hydrogen-bond donors (Lipinski definition) is 2. The Labute approximate surface area is 137 Å². The van der Waals surface area contributed by atoms with Crippen LogP contribution in [0.15, 0.2) is 30.3 Å². The first-order valence-electron chi connectivity index (χ1n) is 8.08. The minimum Gasteiger partial charge on any atom is -0.479 e. The van der Waals surface area contributed by atoms with Crippen molar-refractivity contribution >= 4 is 11.9 Å². The van der Waals surface area contributed by atoms with Crippen LogP contribution < -0.4 is 0 Å². The molecule has 0 amide bonds. The van der Waals surface area contributed by atoms with Crippen molar-refractivity contribution in [3.63, 3.8) is 0 Å². The average molecular weight is 316 g/mol. The van der Waals surface area contributed by atoms with Crippen LogP contribution in [0.4, 0.5) is 0 Å². The summed E-state index contributed by atoms with van der Waals surface area (Å²) in [7, 11) is 0. The van der Waals surface area contributed by atoms with Gasteiger partial charge in [0.2, 0.25) is 5.41 Å². The summed E-state index contributed by atoms with van der Waals surface area (Å²) in [5, 5.41) is 18.9. The number of benzene rings is 1. The number of hydrogen-bond acceptors (Lipinski definition) is 2. The summed E-state index contributed by atoms with van der Waals surface area (Å²) in [4.78, 5) is 23.2. The molecule has 2 N–H and O–H groups in total. The Morgan fingerprint density at radius 2 is 1.52 bits per heavy atom. The number of unbranched alkanes of at least 4 members (excludes halogenated alkanes) is 6. The molecule has 0 fully saturated rings. The Morgan fingerprint density at radius 1 is 0.957 bits per heavy atom. The smallest absolute Gasteiger partial charge is 0.338 e. The number of aliphatic carboxylic acids is 2. The first kappa shape index (κ1) is 18.8. The molecule has 0 heterocycles. The molecule has 0 aromatic heterocycles. The molecule has 0 spiro atoms. The second-order valence-corrected chi connectivity index (χ2v) is 5.55. The van der Waals surface area contributed by atoms with Crippen molar-refractivity contribution < 1.29 is 19.8 Å². The highest BCUT2D eigenvalue weighted by molar-refractivity contribution is 6.08. The van der Waals surface area contributed by atoms with Gasteiger partial charge in [0, 0.05) is 6.42 Å². The zero-order chi connectivity index (χ0) is 17.1. The second-order valence-electron chi connectivity index (χ2n) is 5.55. The van der Waals surface area contributed by atoms with E-state index in [0.29, 0.717) is 6.42 Å². The minimum absolute atomic E-state index is 0.176. The fourth-order valence-electron chi connectivity index (χ4n) is 2.39. The first-order valence-corrected chi connectivity index (χ1v) is 8.08. The van der Waals surface area contributed by atoms with Gasteiger partial charge in [0.1, 0.15) is 0 Å². The van der Waals surface area contributed by atoms with Crippen LogP contribution in [0, 0.1) is 11.8 Å². The van der Waals surface area contributed by atoms with Gasteiger partial charge in [-0.05, 0) is 12.0 Å². The average Bonchev–Trinajstić information content (AvgIpc) is 2.54. The molecular formula is C19H24O4. The van der Waals surface area contributed by atoms with Crippen molar-refractivity contribution in [3.05, 3.63) is 35.9 Å². The molecule has 0 atom stereocenters. The Bertz CT molecular complexity index is 552. The largest absolute Gasteiger partial charge is 0.479 e. The summed E-state index contributed by atoms with van der Waals surface area (Å²) in [6, 6.07) is 7.92. The van der Waals surface area contributed by atoms with Gasteiger partial charge in [-0.1, -0.05) is 75.3 Å². The Balaban J connectivity index is 2.79. The van der Waals surface area contributed by atoms with Crippen molar-refractivity contribution in [2.24, 2.45) is 0 Å². The summed E-state index contributed by atoms with van der Waals surface area (Å²) in [6.45, 7) is 2.16. The van der Waals surface area contributed by atoms with Crippen LogP contribution in [0.2, 0.25) is 0 Å². The molecule has 124 valence electrons. The topological polar surface area (TPSA) is 74.6 Å². The lowest BCUT2D eigenvalue weighted by Gasteiger charge is -2.19. The van der Waals surface area contributed by atoms with Gasteiger partial charge in [-0.15, -0.1) is 5.92 Å². The summed E-state index contributed by atoms with van der Waals surface area (Å²) < 4.78 is 0. The maximum Gasteiger partial charge on any atom is 0.338 e. The monoisotopic (exact) mass is 316 g/mol. The third kappa shape index (κ3) is 5.14. The van der Waals surface area contributed by atoms with Crippen LogP contribution >= 0.6 is 0 Å². The standard InChI is InChI=1S/C19H24O4/c1-2-3-4-5-6-7-8-12-15-19(17(20)21,18(22)23)16-13-10-9-11-14-16/h9-11,13-14H,2-8H2,1H3,(H,20,21)(H,22,23). The summed E-state index contributed by atoms with van der Waals surface area (Å²) in [5.74, 6) is 2.36. The van der Waals surface area contributed by atoms with Gasteiger partial charge in [-0.2, -0.15) is 0 Å². The van der Waals surface area contributed by atoms with Crippen molar-refractivity contribution in [1.82, 2.24) is 0 Å². The van der Waals surface area contributed by atoms with Gasteiger partial charge in [-0.3, -0.25) is 0 Å². The van der Waals surface area contributed by atoms with Crippen molar-refractivity contribution in [1.29, 1.82) is 0 Å². The molecule has 1 aromatic rings. The quantitative estimate of drug-likeness (QED) is 0.412. The van der Waals surface area contributed by atoms with Crippen molar-refractivity contribution in [3.8, 4) is 11.8 Å². The van der Waals surface area contributed by atoms with Gasteiger partial charge in [-0.25, -0.2) is 9.59 Å². The SMILES string of the molecule is CCCCCCCCC#CC(C(=O)O)(C(=O)O)c1ccccc1. The van der Waals surface area contributed by atoms with Crippen LogP contribution in [0.5, 0.6) is 0 Å². The molecule has 0 saturated heterocycles. The highest BCUT2D eigenvalue weighted by atomic mass is 16.4. The third-order valence-corrected chi connectivity index (χ3v) is 3.78. The molecular weight excluding hydrogens is 292 g/mol. The van der Waals surface area contributed by atoms with Crippen LogP contribution in [0.3, 0.4) is 0 Å². The van der Waals surface area contributed by atoms with Gasteiger partial charge < -0.3 is 10.2 Å². The summed E-state index contributed by atoms with van der Waals surface area (Å²) in [5.41, 5.74) is -2.01. The van der Waals surface area contributed by atoms with Crippen molar-refractivity contribution in [2.45, 2.75) is 57.3 Å². The highest BCUT2D eigenvalue weighted by Gasteiger charge is 2.47. The lowest BCUT2D eigenvalue weighted by molar-refractivity contribution is -0.154. The van der Waals surface area contributed by atoms with E-state index >= 15 is 0 Å². The highest BCUT2D eigenvalue weighted by Crippen LogP contribution is 2.24. The number of carboxylic acid groups (broad SMARTS) is 2. The van der Waals surface area contributed by atoms with E-state index < -0.39 is 17.4 Å². The van der Waals surface area contributed by atoms with E-state index in [0.717, 1.165) is 19.3 Å². The molecule has 0 aliphatic heterocycles. The first-order chi connectivity index (χ1) is 11.1. The number of carboxylic acids is 2. The molecule has 0 aliphatic carbocycles. The van der Waals surface area contributed by atoms with Gasteiger partial charge in [0.15, 0.2) is 0 Å².